The van der Waals surface area contributed by atoms with Crippen molar-refractivity contribution in [3.05, 3.63) is 367 Å². The van der Waals surface area contributed by atoms with E-state index in [0.29, 0.717) is 16.8 Å². The zero-order chi connectivity index (χ0) is 68.8. The van der Waals surface area contributed by atoms with Crippen LogP contribution in [-0.4, -0.2) is 38.4 Å². The third kappa shape index (κ3) is 25.6. The van der Waals surface area contributed by atoms with Gasteiger partial charge >= 0.3 is 6.15 Å². The molecule has 0 unspecified atom stereocenters. The summed E-state index contributed by atoms with van der Waals surface area (Å²) in [6.07, 6.45) is 5.35. The summed E-state index contributed by atoms with van der Waals surface area (Å²) in [5, 5.41) is 20.2. The summed E-state index contributed by atoms with van der Waals surface area (Å²) in [4.78, 5) is 38.6. The van der Waals surface area contributed by atoms with Crippen molar-refractivity contribution in [1.29, 1.82) is 0 Å². The van der Waals surface area contributed by atoms with Gasteiger partial charge in [0.05, 0.1) is 0 Å². The molecule has 13 rings (SSSR count). The highest BCUT2D eigenvalue weighted by atomic mass is 79.9. The first kappa shape index (κ1) is 73.3. The van der Waals surface area contributed by atoms with E-state index in [1.807, 2.05) is 249 Å². The molecular formula is C82H54Br4ClN3O7. The van der Waals surface area contributed by atoms with E-state index in [0.717, 1.165) is 85.3 Å². The van der Waals surface area contributed by atoms with Crippen LogP contribution >= 0.6 is 75.3 Å². The maximum absolute atomic E-state index is 11.8. The Morgan fingerprint density at radius 1 is 0.381 bits per heavy atom. The van der Waals surface area contributed by atoms with Crippen molar-refractivity contribution in [3.63, 3.8) is 0 Å². The second-order valence-electron chi connectivity index (χ2n) is 19.8. The Morgan fingerprint density at radius 2 is 0.722 bits per heavy atom. The van der Waals surface area contributed by atoms with Crippen LogP contribution in [0, 0.1) is 36.0 Å². The van der Waals surface area contributed by atoms with Gasteiger partial charge in [-0.1, -0.05) is 309 Å². The predicted octanol–water partition coefficient (Wildman–Crippen LogP) is 21.7. The summed E-state index contributed by atoms with van der Waals surface area (Å²) in [5.41, 5.74) is 13.1. The molecule has 0 aliphatic carbocycles. The molecule has 10 nitrogen and oxygen atoms in total. The lowest BCUT2D eigenvalue weighted by molar-refractivity contribution is -0.191. The van der Waals surface area contributed by atoms with Gasteiger partial charge in [0.15, 0.2) is 17.2 Å². The minimum atomic E-state index is -0.429. The molecular weight excluding hydrogens is 1490 g/mol. The molecule has 474 valence electrons. The van der Waals surface area contributed by atoms with Crippen LogP contribution in [0.5, 0.6) is 0 Å². The van der Waals surface area contributed by atoms with E-state index >= 15 is 0 Å². The summed E-state index contributed by atoms with van der Waals surface area (Å²) in [5.74, 6) is 15.2. The summed E-state index contributed by atoms with van der Waals surface area (Å²) < 4.78 is 14.6. The van der Waals surface area contributed by atoms with E-state index in [9.17, 15) is 9.59 Å². The molecule has 0 radical (unpaired) electrons. The standard InChI is InChI=1S/C21H15NO.2C15H10BrNO.C15H9BrO.C8H6.C7H4BrClO.CO2/c1-3-8-16(9-4-1)18-12-7-13-19(14-18)20-15-21(23-22-20)17-10-5-2-6-11-17;16-13-8-4-7-12(9-13)14-10-15(18-17-14)11-5-2-1-3-6-11;16-14-8-4-7-13(11-14)15(17-18)10-9-12-5-2-1-3-6-12;16-14-8-4-7-13(11-14)15(17)10-9-12-5-2-1-3-6-12;1-2-8-6-4-3-5-7-8;8-6-3-1-2-5(4-6)7(9)10;2-1-3/h1-15H;1-10H;1-8,11,18H;1-8,11H;1,3-7H;1-4H;/b;;17-15-;;;;. The number of nitrogens with zero attached hydrogens (tertiary/aromatic N) is 3. The average molecular weight is 1550 g/mol. The van der Waals surface area contributed by atoms with Gasteiger partial charge < -0.3 is 14.3 Å². The van der Waals surface area contributed by atoms with Gasteiger partial charge in [0, 0.05) is 85.7 Å². The fourth-order valence-corrected chi connectivity index (χ4v) is 10.1. The Kier molecular flexibility index (Phi) is 30.9. The largest absolute Gasteiger partial charge is 0.410 e. The molecule has 97 heavy (non-hydrogen) atoms. The molecule has 0 aliphatic heterocycles. The summed E-state index contributed by atoms with van der Waals surface area (Å²) in [6, 6.07) is 101. The van der Waals surface area contributed by atoms with E-state index in [-0.39, 0.29) is 11.9 Å². The SMILES string of the molecule is Brc1cccc(-c2cc(-c3ccccc3)on2)c1.C#Cc1ccccc1.O/N=C(/C#Cc1ccccc1)c1cccc(Br)c1.O=C(C#Cc1ccccc1)c1cccc(Br)c1.O=C(Cl)c1cccc(Br)c1.O=C=O.c1ccc(-c2cccc(-c3cc(-c4ccccc4)on3)c2)cc1. The lowest BCUT2D eigenvalue weighted by Crippen LogP contribution is -1.97. The minimum Gasteiger partial charge on any atom is -0.410 e. The van der Waals surface area contributed by atoms with Crippen molar-refractivity contribution in [1.82, 2.24) is 10.3 Å². The Bertz CT molecular complexity index is 4870. The van der Waals surface area contributed by atoms with Gasteiger partial charge in [-0.25, -0.2) is 0 Å². The van der Waals surface area contributed by atoms with Crippen LogP contribution in [-0.2, 0) is 9.59 Å². The second-order valence-corrected chi connectivity index (χ2v) is 23.8. The van der Waals surface area contributed by atoms with Crippen LogP contribution in [0.4, 0.5) is 0 Å². The highest BCUT2D eigenvalue weighted by Crippen LogP contribution is 2.30. The lowest BCUT2D eigenvalue weighted by atomic mass is 10.0. The van der Waals surface area contributed by atoms with Crippen molar-refractivity contribution in [3.8, 4) is 92.3 Å². The van der Waals surface area contributed by atoms with Crippen LogP contribution < -0.4 is 0 Å². The average Bonchev–Trinajstić information content (AvgIpc) is 1.92. The second kappa shape index (κ2) is 40.9. The van der Waals surface area contributed by atoms with E-state index in [4.69, 9.17) is 41.9 Å². The number of hydrogen-bond acceptors (Lipinski definition) is 10. The molecule has 11 aromatic carbocycles. The number of benzene rings is 11. The zero-order valence-electron chi connectivity index (χ0n) is 51.2. The maximum Gasteiger partial charge on any atom is 0.373 e. The third-order valence-corrected chi connectivity index (χ3v) is 15.2. The molecule has 0 saturated heterocycles. The third-order valence-electron chi connectivity index (χ3n) is 13.0. The minimum absolute atomic E-state index is 0.171. The first-order valence-corrected chi connectivity index (χ1v) is 32.7. The number of rotatable bonds is 8. The molecule has 2 aromatic heterocycles. The number of terminal acetylenes is 1. The van der Waals surface area contributed by atoms with Gasteiger partial charge in [-0.3, -0.25) is 9.59 Å². The molecule has 0 amide bonds. The van der Waals surface area contributed by atoms with Gasteiger partial charge in [-0.2, -0.15) is 9.59 Å². The van der Waals surface area contributed by atoms with Crippen molar-refractivity contribution >= 4 is 98.2 Å². The van der Waals surface area contributed by atoms with Crippen LogP contribution in [0.1, 0.15) is 43.0 Å². The van der Waals surface area contributed by atoms with Crippen molar-refractivity contribution in [2.75, 3.05) is 0 Å². The van der Waals surface area contributed by atoms with Gasteiger partial charge in [0.1, 0.15) is 11.4 Å². The number of ketones is 1. The van der Waals surface area contributed by atoms with Crippen molar-refractivity contribution < 1.29 is 33.4 Å². The molecule has 13 aromatic rings. The van der Waals surface area contributed by atoms with Crippen molar-refractivity contribution in [2.24, 2.45) is 5.16 Å². The number of carbonyl (C=O) groups is 2. The summed E-state index contributed by atoms with van der Waals surface area (Å²) >= 11 is 18.6. The number of oxime groups is 1. The molecule has 0 fully saturated rings. The lowest BCUT2D eigenvalue weighted by Gasteiger charge is -2.03. The Hall–Kier alpha value is -11.1. The highest BCUT2D eigenvalue weighted by molar-refractivity contribution is 9.11. The number of aromatic nitrogens is 2. The summed E-state index contributed by atoms with van der Waals surface area (Å²) in [7, 11) is 0. The molecule has 2 heterocycles. The molecule has 0 saturated carbocycles. The van der Waals surface area contributed by atoms with E-state index in [2.05, 4.69) is 145 Å². The molecule has 0 atom stereocenters. The smallest absolute Gasteiger partial charge is 0.373 e. The van der Waals surface area contributed by atoms with Gasteiger partial charge in [0.25, 0.3) is 5.24 Å². The van der Waals surface area contributed by atoms with E-state index in [1.165, 1.54) is 11.1 Å². The van der Waals surface area contributed by atoms with Gasteiger partial charge in [-0.15, -0.1) is 6.42 Å². The predicted molar refractivity (Wildman–Crippen MR) is 399 cm³/mol. The Balaban J connectivity index is 0.000000167. The number of Topliss-reactive ketones (excluding diaryl/α,β-unsaturated/α-hetero) is 1. The summed E-state index contributed by atoms with van der Waals surface area (Å²) in [6.45, 7) is 0. The Morgan fingerprint density at radius 3 is 1.13 bits per heavy atom. The fraction of sp³-hybridized carbons (Fsp3) is 0. The normalized spacial score (nSPS) is 9.75. The van der Waals surface area contributed by atoms with E-state index < -0.39 is 5.24 Å². The van der Waals surface area contributed by atoms with Gasteiger partial charge in [0.2, 0.25) is 5.78 Å². The topological polar surface area (TPSA) is 153 Å². The first-order chi connectivity index (χ1) is 47.3. The van der Waals surface area contributed by atoms with Crippen molar-refractivity contribution in [2.45, 2.75) is 0 Å². The first-order valence-electron chi connectivity index (χ1n) is 29.2. The van der Waals surface area contributed by atoms with E-state index in [1.54, 1.807) is 30.3 Å². The van der Waals surface area contributed by atoms with Crippen LogP contribution in [0.3, 0.4) is 0 Å². The van der Waals surface area contributed by atoms with Crippen LogP contribution in [0.25, 0.3) is 56.3 Å². The quantitative estimate of drug-likeness (QED) is 0.0391. The molecule has 0 aliphatic rings. The number of halogens is 5. The zero-order valence-corrected chi connectivity index (χ0v) is 58.3. The molecule has 1 N–H and O–H groups in total. The van der Waals surface area contributed by atoms with Crippen LogP contribution in [0.15, 0.2) is 348 Å². The maximum atomic E-state index is 11.8. The monoisotopic (exact) mass is 1540 g/mol. The molecule has 0 bridgehead atoms. The fourth-order valence-electron chi connectivity index (χ4n) is 8.38. The number of carbonyl (C=O) groups excluding carboxylic acids is 4. The molecule has 0 spiro atoms. The molecule has 15 heteroatoms. The van der Waals surface area contributed by atoms with Gasteiger partial charge in [-0.05, 0) is 126 Å². The Labute approximate surface area is 601 Å². The van der Waals surface area contributed by atoms with Crippen LogP contribution in [0.2, 0.25) is 0 Å². The highest BCUT2D eigenvalue weighted by Gasteiger charge is 2.11. The number of hydrogen-bond donors (Lipinski definition) is 1.